The molecule has 0 bridgehead atoms. The number of rotatable bonds is 5. The summed E-state index contributed by atoms with van der Waals surface area (Å²) in [5.41, 5.74) is 6.57. The first-order valence-electron chi connectivity index (χ1n) is 5.78. The number of amides is 1. The lowest BCUT2D eigenvalue weighted by molar-refractivity contribution is -0.121. The molecule has 2 aromatic rings. The zero-order valence-electron chi connectivity index (χ0n) is 10.2. The number of nitrogens with one attached hydrogen (secondary N) is 1. The van der Waals surface area contributed by atoms with E-state index in [4.69, 9.17) is 18.0 Å². The standard InChI is InChI=1S/C13H14N4OS/c14-12(19)13-15-6-7-17(13)9-11(18)16-8-10-4-2-1-3-5-10/h1-7H,8-9H2,(H2,14,19)(H,16,18). The quantitative estimate of drug-likeness (QED) is 0.792. The second-order valence-electron chi connectivity index (χ2n) is 4.01. The van der Waals surface area contributed by atoms with E-state index in [1.165, 1.54) is 0 Å². The van der Waals surface area contributed by atoms with Crippen LogP contribution in [-0.4, -0.2) is 20.4 Å². The van der Waals surface area contributed by atoms with Gasteiger partial charge in [-0.1, -0.05) is 42.5 Å². The molecular formula is C13H14N4OS. The number of nitrogens with zero attached hydrogens (tertiary/aromatic N) is 2. The van der Waals surface area contributed by atoms with Crippen molar-refractivity contribution in [3.8, 4) is 0 Å². The highest BCUT2D eigenvalue weighted by molar-refractivity contribution is 7.80. The van der Waals surface area contributed by atoms with Gasteiger partial charge in [0.05, 0.1) is 0 Å². The largest absolute Gasteiger partial charge is 0.387 e. The monoisotopic (exact) mass is 274 g/mol. The summed E-state index contributed by atoms with van der Waals surface area (Å²) < 4.78 is 1.63. The average molecular weight is 274 g/mol. The Morgan fingerprint density at radius 3 is 2.79 bits per heavy atom. The molecule has 2 rings (SSSR count). The number of benzene rings is 1. The number of carbonyl (C=O) groups excluding carboxylic acids is 1. The van der Waals surface area contributed by atoms with Gasteiger partial charge in [-0.15, -0.1) is 0 Å². The molecular weight excluding hydrogens is 260 g/mol. The fourth-order valence-corrected chi connectivity index (χ4v) is 1.84. The molecule has 1 aromatic heterocycles. The summed E-state index contributed by atoms with van der Waals surface area (Å²) in [6, 6.07) is 9.71. The van der Waals surface area contributed by atoms with Crippen LogP contribution in [0, 0.1) is 0 Å². The number of nitrogens with two attached hydrogens (primary N) is 1. The van der Waals surface area contributed by atoms with Crippen LogP contribution in [-0.2, 0) is 17.9 Å². The Morgan fingerprint density at radius 1 is 1.37 bits per heavy atom. The average Bonchev–Trinajstić information content (AvgIpc) is 2.86. The zero-order valence-corrected chi connectivity index (χ0v) is 11.1. The van der Waals surface area contributed by atoms with Crippen LogP contribution < -0.4 is 11.1 Å². The van der Waals surface area contributed by atoms with Gasteiger partial charge in [0, 0.05) is 18.9 Å². The molecule has 6 heteroatoms. The van der Waals surface area contributed by atoms with Crippen LogP contribution in [0.5, 0.6) is 0 Å². The highest BCUT2D eigenvalue weighted by Gasteiger charge is 2.09. The maximum Gasteiger partial charge on any atom is 0.240 e. The number of hydrogen-bond donors (Lipinski definition) is 2. The number of imidazole rings is 1. The van der Waals surface area contributed by atoms with Gasteiger partial charge in [0.2, 0.25) is 5.91 Å². The maximum atomic E-state index is 11.8. The summed E-state index contributed by atoms with van der Waals surface area (Å²) in [5, 5.41) is 2.83. The van der Waals surface area contributed by atoms with Gasteiger partial charge < -0.3 is 15.6 Å². The third kappa shape index (κ3) is 3.62. The summed E-state index contributed by atoms with van der Waals surface area (Å²) in [5.74, 6) is 0.337. The van der Waals surface area contributed by atoms with Crippen molar-refractivity contribution in [3.05, 3.63) is 54.1 Å². The second kappa shape index (κ2) is 6.10. The molecule has 0 fully saturated rings. The summed E-state index contributed by atoms with van der Waals surface area (Å²) in [7, 11) is 0. The number of aromatic nitrogens is 2. The SMILES string of the molecule is NC(=S)c1nccn1CC(=O)NCc1ccccc1. The van der Waals surface area contributed by atoms with Gasteiger partial charge in [-0.05, 0) is 5.56 Å². The summed E-state index contributed by atoms with van der Waals surface area (Å²) in [4.78, 5) is 16.0. The lowest BCUT2D eigenvalue weighted by Gasteiger charge is -2.08. The van der Waals surface area contributed by atoms with E-state index in [1.54, 1.807) is 17.0 Å². The molecule has 0 saturated heterocycles. The van der Waals surface area contributed by atoms with Crippen molar-refractivity contribution in [1.82, 2.24) is 14.9 Å². The minimum absolute atomic E-state index is 0.112. The predicted octanol–water partition coefficient (Wildman–Crippen LogP) is 0.834. The van der Waals surface area contributed by atoms with Crippen LogP contribution in [0.15, 0.2) is 42.7 Å². The minimum atomic E-state index is -0.112. The molecule has 1 aromatic carbocycles. The van der Waals surface area contributed by atoms with Crippen LogP contribution in [0.25, 0.3) is 0 Å². The van der Waals surface area contributed by atoms with Gasteiger partial charge in [-0.3, -0.25) is 4.79 Å². The van der Waals surface area contributed by atoms with E-state index < -0.39 is 0 Å². The molecule has 0 saturated carbocycles. The Labute approximate surface area is 116 Å². The molecule has 1 amide bonds. The highest BCUT2D eigenvalue weighted by atomic mass is 32.1. The number of hydrogen-bond acceptors (Lipinski definition) is 3. The van der Waals surface area contributed by atoms with Gasteiger partial charge in [-0.2, -0.15) is 0 Å². The van der Waals surface area contributed by atoms with E-state index in [0.29, 0.717) is 12.4 Å². The second-order valence-corrected chi connectivity index (χ2v) is 4.45. The molecule has 98 valence electrons. The summed E-state index contributed by atoms with van der Waals surface area (Å²) in [6.45, 7) is 0.649. The van der Waals surface area contributed by atoms with Crippen molar-refractivity contribution in [2.24, 2.45) is 5.73 Å². The van der Waals surface area contributed by atoms with Gasteiger partial charge in [0.25, 0.3) is 0 Å². The Bertz CT molecular complexity index is 579. The Hall–Kier alpha value is -2.21. The minimum Gasteiger partial charge on any atom is -0.387 e. The van der Waals surface area contributed by atoms with Crippen LogP contribution in [0.1, 0.15) is 11.4 Å². The summed E-state index contributed by atoms with van der Waals surface area (Å²) in [6.07, 6.45) is 3.25. The molecule has 0 unspecified atom stereocenters. The van der Waals surface area contributed by atoms with Crippen LogP contribution in [0.2, 0.25) is 0 Å². The van der Waals surface area contributed by atoms with Crippen molar-refractivity contribution in [3.63, 3.8) is 0 Å². The van der Waals surface area contributed by atoms with Gasteiger partial charge >= 0.3 is 0 Å². The van der Waals surface area contributed by atoms with Gasteiger partial charge in [0.15, 0.2) is 5.82 Å². The lowest BCUT2D eigenvalue weighted by Crippen LogP contribution is -2.29. The molecule has 3 N–H and O–H groups in total. The molecule has 0 atom stereocenters. The Morgan fingerprint density at radius 2 is 2.11 bits per heavy atom. The van der Waals surface area contributed by atoms with Crippen LogP contribution in [0.3, 0.4) is 0 Å². The van der Waals surface area contributed by atoms with Crippen molar-refractivity contribution < 1.29 is 4.79 Å². The molecule has 0 aliphatic rings. The predicted molar refractivity (Wildman–Crippen MR) is 76.4 cm³/mol. The Kier molecular flexibility index (Phi) is 4.25. The van der Waals surface area contributed by atoms with Crippen LogP contribution in [0.4, 0.5) is 0 Å². The smallest absolute Gasteiger partial charge is 0.240 e. The van der Waals surface area contributed by atoms with Crippen molar-refractivity contribution in [2.75, 3.05) is 0 Å². The molecule has 5 nitrogen and oxygen atoms in total. The molecule has 0 aliphatic heterocycles. The molecule has 19 heavy (non-hydrogen) atoms. The van der Waals surface area contributed by atoms with Gasteiger partial charge in [0.1, 0.15) is 11.5 Å². The summed E-state index contributed by atoms with van der Waals surface area (Å²) >= 11 is 4.86. The number of thiocarbonyl (C=S) groups is 1. The fraction of sp³-hybridized carbons (Fsp3) is 0.154. The number of carbonyl (C=O) groups is 1. The topological polar surface area (TPSA) is 72.9 Å². The van der Waals surface area contributed by atoms with E-state index in [9.17, 15) is 4.79 Å². The van der Waals surface area contributed by atoms with E-state index in [2.05, 4.69) is 10.3 Å². The fourth-order valence-electron chi connectivity index (χ4n) is 1.67. The first kappa shape index (κ1) is 13.2. The third-order valence-corrected chi connectivity index (χ3v) is 2.76. The van der Waals surface area contributed by atoms with Crippen molar-refractivity contribution in [2.45, 2.75) is 13.1 Å². The Balaban J connectivity index is 1.91. The van der Waals surface area contributed by atoms with Crippen LogP contribution >= 0.6 is 12.2 Å². The van der Waals surface area contributed by atoms with Crippen molar-refractivity contribution >= 4 is 23.1 Å². The normalized spacial score (nSPS) is 10.1. The highest BCUT2D eigenvalue weighted by Crippen LogP contribution is 1.99. The first-order valence-corrected chi connectivity index (χ1v) is 6.19. The zero-order chi connectivity index (χ0) is 13.7. The van der Waals surface area contributed by atoms with E-state index >= 15 is 0 Å². The molecule has 1 heterocycles. The van der Waals surface area contributed by atoms with Gasteiger partial charge in [-0.25, -0.2) is 4.98 Å². The van der Waals surface area contributed by atoms with E-state index in [1.807, 2.05) is 30.3 Å². The first-order chi connectivity index (χ1) is 9.16. The molecule has 0 spiro atoms. The molecule has 0 radical (unpaired) electrons. The van der Waals surface area contributed by atoms with E-state index in [0.717, 1.165) is 5.56 Å². The third-order valence-electron chi connectivity index (χ3n) is 2.58. The maximum absolute atomic E-state index is 11.8. The van der Waals surface area contributed by atoms with Crippen molar-refractivity contribution in [1.29, 1.82) is 0 Å². The molecule has 0 aliphatic carbocycles. The lowest BCUT2D eigenvalue weighted by atomic mass is 10.2. The van der Waals surface area contributed by atoms with E-state index in [-0.39, 0.29) is 17.4 Å².